The second-order valence-electron chi connectivity index (χ2n) is 5.56. The molecule has 0 radical (unpaired) electrons. The Morgan fingerprint density at radius 2 is 1.00 bits per heavy atom. The van der Waals surface area contributed by atoms with Gasteiger partial charge in [0.05, 0.1) is 26.4 Å². The van der Waals surface area contributed by atoms with Gasteiger partial charge in [-0.15, -0.1) is 0 Å². The summed E-state index contributed by atoms with van der Waals surface area (Å²) in [5.74, 6) is 0.475. The lowest BCUT2D eigenvalue weighted by atomic mass is 10.2. The molecule has 4 nitrogen and oxygen atoms in total. The van der Waals surface area contributed by atoms with Gasteiger partial charge in [-0.2, -0.15) is 0 Å². The van der Waals surface area contributed by atoms with E-state index in [0.717, 1.165) is 0 Å². The number of hydrogen-bond acceptors (Lipinski definition) is 4. The normalized spacial score (nSPS) is 10.9. The summed E-state index contributed by atoms with van der Waals surface area (Å²) in [6.07, 6.45) is 0. The Morgan fingerprint density at radius 1 is 0.517 bits per heavy atom. The second kappa shape index (κ2) is 8.94. The molecule has 0 aliphatic heterocycles. The molecule has 0 aromatic heterocycles. The van der Waals surface area contributed by atoms with Crippen LogP contribution in [0.3, 0.4) is 0 Å². The number of halogens is 7. The van der Waals surface area contributed by atoms with Crippen LogP contribution in [-0.2, 0) is 0 Å². The maximum absolute atomic E-state index is 6.44. The highest BCUT2D eigenvalue weighted by Crippen LogP contribution is 2.50. The first-order chi connectivity index (χ1) is 13.6. The minimum atomic E-state index is -0.00230. The van der Waals surface area contributed by atoms with Crippen LogP contribution < -0.4 is 20.9 Å². The van der Waals surface area contributed by atoms with Gasteiger partial charge in [-0.25, -0.2) is 0 Å². The summed E-state index contributed by atoms with van der Waals surface area (Å²) in [4.78, 5) is 0. The van der Waals surface area contributed by atoms with Crippen LogP contribution in [0.1, 0.15) is 0 Å². The number of hydrogen-bond donors (Lipinski definition) is 2. The highest BCUT2D eigenvalue weighted by Gasteiger charge is 2.21. The molecule has 0 unspecified atom stereocenters. The first-order valence-electron chi connectivity index (χ1n) is 7.62. The fourth-order valence-electron chi connectivity index (χ4n) is 2.21. The average molecular weight is 533 g/mol. The number of nitrogen functional groups attached to an aromatic ring is 2. The Bertz CT molecular complexity index is 1120. The van der Waals surface area contributed by atoms with Gasteiger partial charge in [0.15, 0.2) is 11.5 Å². The summed E-state index contributed by atoms with van der Waals surface area (Å²) in [6, 6.07) is 7.47. The van der Waals surface area contributed by atoms with Gasteiger partial charge < -0.3 is 20.9 Å². The zero-order chi connectivity index (χ0) is 21.5. The van der Waals surface area contributed by atoms with Gasteiger partial charge in [-0.05, 0) is 24.3 Å². The summed E-state index contributed by atoms with van der Waals surface area (Å²) in [5.41, 5.74) is 11.9. The highest BCUT2D eigenvalue weighted by atomic mass is 35.5. The van der Waals surface area contributed by atoms with Crippen LogP contribution in [0.25, 0.3) is 0 Å². The van der Waals surface area contributed by atoms with E-state index < -0.39 is 0 Å². The van der Waals surface area contributed by atoms with Crippen molar-refractivity contribution in [1.29, 1.82) is 0 Å². The zero-order valence-corrected chi connectivity index (χ0v) is 19.3. The number of anilines is 2. The molecule has 0 saturated heterocycles. The first-order valence-corrected chi connectivity index (χ1v) is 10.3. The van der Waals surface area contributed by atoms with Crippen LogP contribution in [0.2, 0.25) is 35.2 Å². The van der Waals surface area contributed by atoms with Crippen LogP contribution in [0.15, 0.2) is 30.3 Å². The molecule has 0 fully saturated rings. The minimum absolute atomic E-state index is 0.00230. The van der Waals surface area contributed by atoms with Gasteiger partial charge in [0.25, 0.3) is 0 Å². The van der Waals surface area contributed by atoms with E-state index in [-0.39, 0.29) is 69.5 Å². The van der Waals surface area contributed by atoms with E-state index in [1.807, 2.05) is 0 Å². The van der Waals surface area contributed by atoms with Crippen molar-refractivity contribution in [2.75, 3.05) is 11.5 Å². The van der Waals surface area contributed by atoms with E-state index in [4.69, 9.17) is 102 Å². The molecule has 0 amide bonds. The summed E-state index contributed by atoms with van der Waals surface area (Å²) < 4.78 is 11.5. The van der Waals surface area contributed by atoms with E-state index in [1.165, 1.54) is 30.3 Å². The molecule has 0 heterocycles. The molecule has 0 atom stereocenters. The highest BCUT2D eigenvalue weighted by molar-refractivity contribution is 6.45. The van der Waals surface area contributed by atoms with Crippen molar-refractivity contribution in [2.45, 2.75) is 0 Å². The lowest BCUT2D eigenvalue weighted by molar-refractivity contribution is 0.461. The molecular formula is C18H9Cl7N2O2. The van der Waals surface area contributed by atoms with E-state index >= 15 is 0 Å². The van der Waals surface area contributed by atoms with Crippen molar-refractivity contribution in [3.05, 3.63) is 65.5 Å². The molecule has 29 heavy (non-hydrogen) atoms. The summed E-state index contributed by atoms with van der Waals surface area (Å²) >= 11 is 43.2. The Hall–Kier alpha value is -1.11. The quantitative estimate of drug-likeness (QED) is 0.259. The summed E-state index contributed by atoms with van der Waals surface area (Å²) in [5, 5.41) is 0.892. The third-order valence-electron chi connectivity index (χ3n) is 3.70. The van der Waals surface area contributed by atoms with Crippen molar-refractivity contribution in [1.82, 2.24) is 0 Å². The number of benzene rings is 3. The smallest absolute Gasteiger partial charge is 0.170 e. The first kappa shape index (κ1) is 22.6. The lowest BCUT2D eigenvalue weighted by Crippen LogP contribution is -1.96. The predicted octanol–water partition coefficient (Wildman–Crippen LogP) is 9.01. The van der Waals surface area contributed by atoms with Crippen molar-refractivity contribution in [3.8, 4) is 23.0 Å². The average Bonchev–Trinajstić information content (AvgIpc) is 2.69. The minimum Gasteiger partial charge on any atom is -0.454 e. The van der Waals surface area contributed by atoms with Crippen LogP contribution in [-0.4, -0.2) is 0 Å². The van der Waals surface area contributed by atoms with Crippen LogP contribution in [0.4, 0.5) is 11.4 Å². The second-order valence-corrected chi connectivity index (χ2v) is 8.30. The molecule has 0 saturated carbocycles. The molecule has 11 heteroatoms. The fourth-order valence-corrected chi connectivity index (χ4v) is 3.67. The summed E-state index contributed by atoms with van der Waals surface area (Å²) in [7, 11) is 0. The Balaban J connectivity index is 2.06. The summed E-state index contributed by atoms with van der Waals surface area (Å²) in [6.45, 7) is 0. The van der Waals surface area contributed by atoms with Crippen molar-refractivity contribution in [3.63, 3.8) is 0 Å². The zero-order valence-electron chi connectivity index (χ0n) is 14.0. The lowest BCUT2D eigenvalue weighted by Gasteiger charge is -2.17. The molecular weight excluding hydrogens is 524 g/mol. The Labute approximate surface area is 201 Å². The SMILES string of the molecule is Nc1c(Cl)ccc(Oc2cc(Cl)c(Cl)c(Oc3ccc(Cl)c(N)c3Cl)c2Cl)c1Cl. The standard InChI is InChI=1S/C18H9Cl7N2O2/c19-6-1-3-9(13(23)16(6)26)28-11-5-8(21)12(22)18(15(11)25)29-10-4-2-7(20)17(27)14(10)24/h1-5H,26-27H2. The molecule has 0 bridgehead atoms. The predicted molar refractivity (Wildman–Crippen MR) is 123 cm³/mol. The van der Waals surface area contributed by atoms with Crippen molar-refractivity contribution >= 4 is 92.6 Å². The van der Waals surface area contributed by atoms with Gasteiger partial charge in [0.1, 0.15) is 31.6 Å². The largest absolute Gasteiger partial charge is 0.454 e. The molecule has 152 valence electrons. The molecule has 3 aromatic carbocycles. The van der Waals surface area contributed by atoms with Gasteiger partial charge in [-0.1, -0.05) is 81.2 Å². The number of nitrogens with two attached hydrogens (primary N) is 2. The van der Waals surface area contributed by atoms with Gasteiger partial charge >= 0.3 is 0 Å². The van der Waals surface area contributed by atoms with Gasteiger partial charge in [0.2, 0.25) is 0 Å². The van der Waals surface area contributed by atoms with E-state index in [0.29, 0.717) is 0 Å². The molecule has 0 spiro atoms. The maximum atomic E-state index is 6.44. The molecule has 3 aromatic rings. The van der Waals surface area contributed by atoms with E-state index in [2.05, 4.69) is 0 Å². The van der Waals surface area contributed by atoms with Crippen molar-refractivity contribution < 1.29 is 9.47 Å². The Kier molecular flexibility index (Phi) is 6.96. The van der Waals surface area contributed by atoms with Crippen molar-refractivity contribution in [2.24, 2.45) is 0 Å². The topological polar surface area (TPSA) is 70.5 Å². The number of rotatable bonds is 4. The van der Waals surface area contributed by atoms with Gasteiger partial charge in [-0.3, -0.25) is 0 Å². The molecule has 0 aliphatic rings. The fraction of sp³-hybridized carbons (Fsp3) is 0. The van der Waals surface area contributed by atoms with Crippen LogP contribution >= 0.6 is 81.2 Å². The monoisotopic (exact) mass is 530 g/mol. The third kappa shape index (κ3) is 4.49. The van der Waals surface area contributed by atoms with Crippen LogP contribution in [0.5, 0.6) is 23.0 Å². The molecule has 0 aliphatic carbocycles. The van der Waals surface area contributed by atoms with Crippen LogP contribution in [0, 0.1) is 0 Å². The maximum Gasteiger partial charge on any atom is 0.170 e. The van der Waals surface area contributed by atoms with E-state index in [9.17, 15) is 0 Å². The van der Waals surface area contributed by atoms with E-state index in [1.54, 1.807) is 0 Å². The molecule has 4 N–H and O–H groups in total. The number of ether oxygens (including phenoxy) is 2. The Morgan fingerprint density at radius 3 is 1.52 bits per heavy atom. The van der Waals surface area contributed by atoms with Gasteiger partial charge in [0, 0.05) is 6.07 Å². The molecule has 3 rings (SSSR count). The third-order valence-corrected chi connectivity index (χ3v) is 6.26.